The van der Waals surface area contributed by atoms with Crippen LogP contribution in [0.3, 0.4) is 0 Å². The van der Waals surface area contributed by atoms with E-state index < -0.39 is 0 Å². The van der Waals surface area contributed by atoms with Crippen molar-refractivity contribution >= 4 is 5.78 Å². The number of carbonyl (C=O) groups excluding carboxylic acids is 1. The lowest BCUT2D eigenvalue weighted by Crippen LogP contribution is -2.15. The molecule has 1 aromatic rings. The van der Waals surface area contributed by atoms with Gasteiger partial charge in [0.05, 0.1) is 0 Å². The number of benzene rings is 1. The fourth-order valence-electron chi connectivity index (χ4n) is 1.39. The molecule has 0 aliphatic heterocycles. The first kappa shape index (κ1) is 22.1. The molecule has 0 aliphatic rings. The minimum absolute atomic E-state index is 0.125. The molecule has 21 heavy (non-hydrogen) atoms. The van der Waals surface area contributed by atoms with E-state index in [0.29, 0.717) is 0 Å². The lowest BCUT2D eigenvalue weighted by atomic mass is 10.1. The summed E-state index contributed by atoms with van der Waals surface area (Å²) in [5.74, 6) is 0.125. The molecule has 1 aromatic carbocycles. The van der Waals surface area contributed by atoms with E-state index in [0.717, 1.165) is 5.56 Å². The van der Waals surface area contributed by atoms with Gasteiger partial charge >= 0.3 is 0 Å². The van der Waals surface area contributed by atoms with Crippen molar-refractivity contribution in [3.8, 4) is 0 Å². The summed E-state index contributed by atoms with van der Waals surface area (Å²) in [5, 5.41) is 3.34. The molecule has 1 rings (SSSR count). The van der Waals surface area contributed by atoms with Crippen molar-refractivity contribution in [2.45, 2.75) is 67.2 Å². The topological polar surface area (TPSA) is 29.1 Å². The maximum atomic E-state index is 10.8. The highest BCUT2D eigenvalue weighted by Gasteiger charge is 1.95. The summed E-state index contributed by atoms with van der Waals surface area (Å²) < 4.78 is 0. The van der Waals surface area contributed by atoms with E-state index in [-0.39, 0.29) is 5.78 Å². The van der Waals surface area contributed by atoms with Crippen molar-refractivity contribution in [2.75, 3.05) is 13.1 Å². The maximum Gasteiger partial charge on any atom is 0.159 e. The molecule has 0 fully saturated rings. The van der Waals surface area contributed by atoms with Crippen molar-refractivity contribution in [3.63, 3.8) is 0 Å². The molecule has 1 N–H and O–H groups in total. The van der Waals surface area contributed by atoms with Crippen molar-refractivity contribution < 1.29 is 4.79 Å². The third kappa shape index (κ3) is 16.8. The van der Waals surface area contributed by atoms with Crippen LogP contribution in [-0.2, 0) is 0 Å². The van der Waals surface area contributed by atoms with Gasteiger partial charge in [-0.3, -0.25) is 4.79 Å². The van der Waals surface area contributed by atoms with Crippen molar-refractivity contribution in [2.24, 2.45) is 0 Å². The number of rotatable bonds is 6. The molecule has 0 atom stereocenters. The summed E-state index contributed by atoms with van der Waals surface area (Å²) in [5.41, 5.74) is 1.97. The Morgan fingerprint density at radius 1 is 0.952 bits per heavy atom. The quantitative estimate of drug-likeness (QED) is 0.562. The van der Waals surface area contributed by atoms with E-state index >= 15 is 0 Å². The standard InChI is InChI=1S/C9H10O.C7H17N.C3H8/c1-7-3-5-9(6-4-7)8(2)10;1-3-5-7-8-6-4-2;1-3-2/h3-6H,1-2H3;8H,3-7H2,1-2H3;3H2,1-2H3. The first-order chi connectivity index (χ1) is 10.0. The van der Waals surface area contributed by atoms with Crippen LogP contribution in [-0.4, -0.2) is 18.9 Å². The molecule has 2 nitrogen and oxygen atoms in total. The summed E-state index contributed by atoms with van der Waals surface area (Å²) in [6.45, 7) is 14.6. The number of unbranched alkanes of at least 4 members (excludes halogenated alkanes) is 1. The van der Waals surface area contributed by atoms with Crippen LogP contribution < -0.4 is 5.32 Å². The fourth-order valence-corrected chi connectivity index (χ4v) is 1.39. The van der Waals surface area contributed by atoms with Crippen LogP contribution in [0.4, 0.5) is 0 Å². The summed E-state index contributed by atoms with van der Waals surface area (Å²) in [7, 11) is 0. The zero-order valence-electron chi connectivity index (χ0n) is 15.0. The Morgan fingerprint density at radius 3 is 1.86 bits per heavy atom. The number of hydrogen-bond acceptors (Lipinski definition) is 2. The lowest BCUT2D eigenvalue weighted by Gasteiger charge is -1.98. The third-order valence-corrected chi connectivity index (χ3v) is 2.59. The van der Waals surface area contributed by atoms with Gasteiger partial charge in [-0.2, -0.15) is 0 Å². The Bertz CT molecular complexity index is 324. The number of nitrogens with one attached hydrogen (secondary N) is 1. The van der Waals surface area contributed by atoms with Crippen molar-refractivity contribution in [1.29, 1.82) is 0 Å². The number of carbonyl (C=O) groups is 1. The Balaban J connectivity index is 0. The van der Waals surface area contributed by atoms with Gasteiger partial charge in [-0.1, -0.05) is 70.4 Å². The minimum atomic E-state index is 0.125. The summed E-state index contributed by atoms with van der Waals surface area (Å²) in [6.07, 6.45) is 5.13. The second kappa shape index (κ2) is 16.9. The Kier molecular flexibility index (Phi) is 17.8. The van der Waals surface area contributed by atoms with Gasteiger partial charge in [0.2, 0.25) is 0 Å². The van der Waals surface area contributed by atoms with Crippen LogP contribution in [0.15, 0.2) is 24.3 Å². The molecular weight excluding hydrogens is 258 g/mol. The maximum absolute atomic E-state index is 10.8. The van der Waals surface area contributed by atoms with E-state index in [1.54, 1.807) is 6.92 Å². The van der Waals surface area contributed by atoms with Gasteiger partial charge in [-0.25, -0.2) is 0 Å². The Morgan fingerprint density at radius 2 is 1.48 bits per heavy atom. The van der Waals surface area contributed by atoms with Crippen LogP contribution in [0.1, 0.15) is 76.2 Å². The number of ketones is 1. The fraction of sp³-hybridized carbons (Fsp3) is 0.632. The highest BCUT2D eigenvalue weighted by atomic mass is 16.1. The van der Waals surface area contributed by atoms with Gasteiger partial charge in [0.15, 0.2) is 5.78 Å². The predicted molar refractivity (Wildman–Crippen MR) is 95.2 cm³/mol. The summed E-state index contributed by atoms with van der Waals surface area (Å²) >= 11 is 0. The van der Waals surface area contributed by atoms with Gasteiger partial charge in [-0.05, 0) is 39.8 Å². The highest BCUT2D eigenvalue weighted by molar-refractivity contribution is 5.93. The van der Waals surface area contributed by atoms with E-state index in [1.165, 1.54) is 44.3 Å². The van der Waals surface area contributed by atoms with Gasteiger partial charge < -0.3 is 5.32 Å². The van der Waals surface area contributed by atoms with Crippen LogP contribution in [0.5, 0.6) is 0 Å². The average Bonchev–Trinajstić information content (AvgIpc) is 2.46. The second-order valence-electron chi connectivity index (χ2n) is 5.23. The Labute approximate surface area is 132 Å². The predicted octanol–water partition coefficient (Wildman–Crippen LogP) is 5.40. The molecule has 0 aromatic heterocycles. The monoisotopic (exact) mass is 293 g/mol. The highest BCUT2D eigenvalue weighted by Crippen LogP contribution is 2.02. The number of Topliss-reactive ketones (excluding diaryl/α,β-unsaturated/α-hetero) is 1. The zero-order valence-corrected chi connectivity index (χ0v) is 15.0. The SMILES string of the molecule is CC(=O)c1ccc(C)cc1.CCC.CCCCNCCC. The molecular formula is C19H35NO. The van der Waals surface area contributed by atoms with Gasteiger partial charge in [0.1, 0.15) is 0 Å². The first-order valence-electron chi connectivity index (χ1n) is 8.31. The van der Waals surface area contributed by atoms with Crippen LogP contribution in [0.25, 0.3) is 0 Å². The van der Waals surface area contributed by atoms with Crippen LogP contribution in [0, 0.1) is 6.92 Å². The summed E-state index contributed by atoms with van der Waals surface area (Å²) in [4.78, 5) is 10.8. The number of aryl methyl sites for hydroxylation is 1. The first-order valence-corrected chi connectivity index (χ1v) is 8.31. The molecule has 0 amide bonds. The molecule has 0 radical (unpaired) electrons. The minimum Gasteiger partial charge on any atom is -0.317 e. The molecule has 0 spiro atoms. The lowest BCUT2D eigenvalue weighted by molar-refractivity contribution is 0.101. The molecule has 0 bridgehead atoms. The summed E-state index contributed by atoms with van der Waals surface area (Å²) in [6, 6.07) is 7.57. The van der Waals surface area contributed by atoms with Crippen molar-refractivity contribution in [1.82, 2.24) is 5.32 Å². The van der Waals surface area contributed by atoms with Gasteiger partial charge in [0, 0.05) is 5.56 Å². The molecule has 0 saturated heterocycles. The van der Waals surface area contributed by atoms with E-state index in [4.69, 9.17) is 0 Å². The number of hydrogen-bond donors (Lipinski definition) is 1. The molecule has 122 valence electrons. The zero-order chi connectivity index (χ0) is 16.5. The smallest absolute Gasteiger partial charge is 0.159 e. The third-order valence-electron chi connectivity index (χ3n) is 2.59. The molecule has 0 unspecified atom stereocenters. The van der Waals surface area contributed by atoms with E-state index in [1.807, 2.05) is 31.2 Å². The van der Waals surface area contributed by atoms with Crippen molar-refractivity contribution in [3.05, 3.63) is 35.4 Å². The van der Waals surface area contributed by atoms with E-state index in [2.05, 4.69) is 33.0 Å². The second-order valence-corrected chi connectivity index (χ2v) is 5.23. The average molecular weight is 293 g/mol. The van der Waals surface area contributed by atoms with E-state index in [9.17, 15) is 4.79 Å². The normalized spacial score (nSPS) is 9.05. The molecule has 0 aliphatic carbocycles. The largest absolute Gasteiger partial charge is 0.317 e. The van der Waals surface area contributed by atoms with Gasteiger partial charge in [0.25, 0.3) is 0 Å². The molecule has 0 heterocycles. The van der Waals surface area contributed by atoms with Crippen LogP contribution in [0.2, 0.25) is 0 Å². The van der Waals surface area contributed by atoms with Gasteiger partial charge in [-0.15, -0.1) is 0 Å². The molecule has 0 saturated carbocycles. The Hall–Kier alpha value is -1.15. The molecule has 2 heteroatoms. The van der Waals surface area contributed by atoms with Crippen LogP contribution >= 0.6 is 0 Å².